The first-order valence-corrected chi connectivity index (χ1v) is 16.9. The normalized spacial score (nSPS) is 11.6. The molecule has 3 heteroatoms. The molecule has 234 valence electrons. The second-order valence-electron chi connectivity index (χ2n) is 12.9. The summed E-state index contributed by atoms with van der Waals surface area (Å²) in [6.45, 7) is 0. The van der Waals surface area contributed by atoms with E-state index in [4.69, 9.17) is 4.42 Å². The molecule has 3 nitrogen and oxygen atoms in total. The molecule has 0 saturated heterocycles. The Balaban J connectivity index is 1.12. The number of nitrogens with zero attached hydrogens (tertiary/aromatic N) is 2. The molecule has 10 aromatic rings. The van der Waals surface area contributed by atoms with Crippen LogP contribution in [0.15, 0.2) is 187 Å². The van der Waals surface area contributed by atoms with Crippen molar-refractivity contribution >= 4 is 71.4 Å². The minimum Gasteiger partial charge on any atom is -0.456 e. The van der Waals surface area contributed by atoms with Crippen LogP contribution in [0.25, 0.3) is 76.6 Å². The van der Waals surface area contributed by atoms with Gasteiger partial charge in [-0.15, -0.1) is 0 Å². The molecule has 0 amide bonds. The molecule has 0 aliphatic carbocycles. The Kier molecular flexibility index (Phi) is 6.49. The molecule has 0 saturated carbocycles. The lowest BCUT2D eigenvalue weighted by Crippen LogP contribution is -2.09. The van der Waals surface area contributed by atoms with Crippen LogP contribution in [-0.2, 0) is 0 Å². The topological polar surface area (TPSA) is 29.3 Å². The number of anilines is 3. The summed E-state index contributed by atoms with van der Waals surface area (Å²) < 4.78 is 6.52. The molecule has 50 heavy (non-hydrogen) atoms. The van der Waals surface area contributed by atoms with E-state index in [-0.39, 0.29) is 0 Å². The first-order chi connectivity index (χ1) is 24.7. The van der Waals surface area contributed by atoms with Crippen molar-refractivity contribution in [1.29, 1.82) is 0 Å². The van der Waals surface area contributed by atoms with Crippen molar-refractivity contribution in [3.05, 3.63) is 182 Å². The number of furan rings is 1. The highest BCUT2D eigenvalue weighted by Gasteiger charge is 2.17. The molecule has 10 rings (SSSR count). The monoisotopic (exact) mass is 638 g/mol. The zero-order chi connectivity index (χ0) is 33.0. The van der Waals surface area contributed by atoms with Gasteiger partial charge in [0.15, 0.2) is 0 Å². The third-order valence-electron chi connectivity index (χ3n) is 9.82. The second kappa shape index (κ2) is 11.5. The molecule has 0 N–H and O–H groups in total. The summed E-state index contributed by atoms with van der Waals surface area (Å²) in [5.41, 5.74) is 10.7. The van der Waals surface area contributed by atoms with Crippen molar-refractivity contribution in [3.8, 4) is 22.3 Å². The van der Waals surface area contributed by atoms with E-state index in [9.17, 15) is 0 Å². The summed E-state index contributed by atoms with van der Waals surface area (Å²) in [4.78, 5) is 6.92. The van der Waals surface area contributed by atoms with Gasteiger partial charge in [0.1, 0.15) is 11.2 Å². The van der Waals surface area contributed by atoms with Crippen molar-refractivity contribution in [2.75, 3.05) is 4.90 Å². The number of hydrogen-bond acceptors (Lipinski definition) is 3. The van der Waals surface area contributed by atoms with E-state index >= 15 is 0 Å². The lowest BCUT2D eigenvalue weighted by Gasteiger charge is -2.26. The van der Waals surface area contributed by atoms with Crippen molar-refractivity contribution in [2.45, 2.75) is 0 Å². The first kappa shape index (κ1) is 28.3. The molecule has 0 fully saturated rings. The standard InChI is InChI=1S/C47H30N2O/c1-3-8-31(9-4-1)33-13-15-37-26-40(19-17-35(37)24-33)49(41-20-18-36-25-34(14-16-38(36)27-41)32-10-5-2-6-11-32)42-21-22-43-44-30-45-39(12-7-23-48-45)28-46(44)50-47(43)29-42/h1-30H. The average Bonchev–Trinajstić information content (AvgIpc) is 3.53. The molecule has 0 unspecified atom stereocenters. The van der Waals surface area contributed by atoms with Crippen LogP contribution in [0.1, 0.15) is 0 Å². The van der Waals surface area contributed by atoms with Gasteiger partial charge >= 0.3 is 0 Å². The molecule has 0 bridgehead atoms. The van der Waals surface area contributed by atoms with Gasteiger partial charge in [-0.2, -0.15) is 0 Å². The van der Waals surface area contributed by atoms with E-state index < -0.39 is 0 Å². The summed E-state index contributed by atoms with van der Waals surface area (Å²) in [5, 5.41) is 8.00. The van der Waals surface area contributed by atoms with E-state index in [1.165, 1.54) is 43.8 Å². The summed E-state index contributed by atoms with van der Waals surface area (Å²) in [6.07, 6.45) is 1.84. The Morgan fingerprint density at radius 1 is 0.360 bits per heavy atom. The molecular formula is C47H30N2O. The zero-order valence-electron chi connectivity index (χ0n) is 27.1. The molecule has 0 radical (unpaired) electrons. The van der Waals surface area contributed by atoms with Gasteiger partial charge in [-0.25, -0.2) is 0 Å². The molecule has 2 heterocycles. The van der Waals surface area contributed by atoms with E-state index in [0.717, 1.165) is 49.9 Å². The van der Waals surface area contributed by atoms with Gasteiger partial charge in [-0.3, -0.25) is 4.98 Å². The van der Waals surface area contributed by atoms with Crippen LogP contribution in [0.2, 0.25) is 0 Å². The maximum absolute atomic E-state index is 6.52. The number of rotatable bonds is 5. The van der Waals surface area contributed by atoms with Crippen LogP contribution in [-0.4, -0.2) is 4.98 Å². The number of hydrogen-bond donors (Lipinski definition) is 0. The Labute approximate surface area is 289 Å². The Bertz CT molecular complexity index is 2750. The molecule has 0 aliphatic rings. The van der Waals surface area contributed by atoms with Gasteiger partial charge in [0.2, 0.25) is 0 Å². The van der Waals surface area contributed by atoms with Gasteiger partial charge in [-0.1, -0.05) is 103 Å². The fraction of sp³-hybridized carbons (Fsp3) is 0. The molecule has 8 aromatic carbocycles. The minimum absolute atomic E-state index is 0.847. The molecule has 0 aliphatic heterocycles. The van der Waals surface area contributed by atoms with Crippen molar-refractivity contribution in [1.82, 2.24) is 4.98 Å². The van der Waals surface area contributed by atoms with Crippen molar-refractivity contribution < 1.29 is 4.42 Å². The summed E-state index contributed by atoms with van der Waals surface area (Å²) in [7, 11) is 0. The van der Waals surface area contributed by atoms with Crippen LogP contribution in [0.3, 0.4) is 0 Å². The van der Waals surface area contributed by atoms with Crippen LogP contribution in [0.4, 0.5) is 17.1 Å². The van der Waals surface area contributed by atoms with E-state index in [0.29, 0.717) is 0 Å². The van der Waals surface area contributed by atoms with Crippen LogP contribution < -0.4 is 4.90 Å². The smallest absolute Gasteiger partial charge is 0.137 e. The average molecular weight is 639 g/mol. The summed E-state index contributed by atoms with van der Waals surface area (Å²) in [6, 6.07) is 62.8. The van der Waals surface area contributed by atoms with Gasteiger partial charge < -0.3 is 9.32 Å². The summed E-state index contributed by atoms with van der Waals surface area (Å²) >= 11 is 0. The van der Waals surface area contributed by atoms with Gasteiger partial charge in [-0.05, 0) is 111 Å². The van der Waals surface area contributed by atoms with Crippen LogP contribution in [0, 0.1) is 0 Å². The highest BCUT2D eigenvalue weighted by atomic mass is 16.3. The van der Waals surface area contributed by atoms with Crippen molar-refractivity contribution in [2.24, 2.45) is 0 Å². The third-order valence-corrected chi connectivity index (χ3v) is 9.82. The van der Waals surface area contributed by atoms with Gasteiger partial charge in [0, 0.05) is 45.5 Å². The lowest BCUT2D eigenvalue weighted by molar-refractivity contribution is 0.669. The Morgan fingerprint density at radius 3 is 1.54 bits per heavy atom. The fourth-order valence-electron chi connectivity index (χ4n) is 7.28. The van der Waals surface area contributed by atoms with Crippen LogP contribution >= 0.6 is 0 Å². The largest absolute Gasteiger partial charge is 0.456 e. The molecule has 2 aromatic heterocycles. The predicted molar refractivity (Wildman–Crippen MR) is 210 cm³/mol. The Hall–Kier alpha value is -6.71. The number of fused-ring (bicyclic) bond motifs is 6. The maximum atomic E-state index is 6.52. The number of aromatic nitrogens is 1. The highest BCUT2D eigenvalue weighted by Crippen LogP contribution is 2.41. The van der Waals surface area contributed by atoms with Gasteiger partial charge in [0.25, 0.3) is 0 Å². The quantitative estimate of drug-likeness (QED) is 0.188. The fourth-order valence-corrected chi connectivity index (χ4v) is 7.28. The highest BCUT2D eigenvalue weighted by molar-refractivity contribution is 6.10. The first-order valence-electron chi connectivity index (χ1n) is 16.9. The number of pyridine rings is 1. The van der Waals surface area contributed by atoms with Crippen molar-refractivity contribution in [3.63, 3.8) is 0 Å². The SMILES string of the molecule is c1ccc(-c2ccc3cc(N(c4ccc5cc(-c6ccccc6)ccc5c4)c4ccc5c(c4)oc4cc6cccnc6cc45)ccc3c2)cc1. The molecule has 0 atom stereocenters. The van der Waals surface area contributed by atoms with E-state index in [1.54, 1.807) is 0 Å². The molecule has 0 spiro atoms. The predicted octanol–water partition coefficient (Wildman–Crippen LogP) is 13.2. The number of benzene rings is 8. The van der Waals surface area contributed by atoms with Crippen LogP contribution in [0.5, 0.6) is 0 Å². The van der Waals surface area contributed by atoms with E-state index in [2.05, 4.69) is 180 Å². The third kappa shape index (κ3) is 4.87. The maximum Gasteiger partial charge on any atom is 0.137 e. The second-order valence-corrected chi connectivity index (χ2v) is 12.9. The minimum atomic E-state index is 0.847. The molecular weight excluding hydrogens is 609 g/mol. The van der Waals surface area contributed by atoms with Gasteiger partial charge in [0.05, 0.1) is 5.52 Å². The Morgan fingerprint density at radius 2 is 0.900 bits per heavy atom. The lowest BCUT2D eigenvalue weighted by atomic mass is 9.99. The zero-order valence-corrected chi connectivity index (χ0v) is 27.1. The summed E-state index contributed by atoms with van der Waals surface area (Å²) in [5.74, 6) is 0. The van der Waals surface area contributed by atoms with E-state index in [1.807, 2.05) is 12.3 Å².